The lowest BCUT2D eigenvalue weighted by Gasteiger charge is -2.16. The molecule has 1 fully saturated rings. The first-order valence-electron chi connectivity index (χ1n) is 8.09. The number of thiophene rings is 1. The lowest BCUT2D eigenvalue weighted by molar-refractivity contribution is 0.0930. The standard InChI is InChI=1S/C18H21N3O2S.ClH/c19-10-15(13-7-8-13)21-17(22)14-5-3-12(4-6-14)11-20-18(23)16-2-1-9-24-16;/h1-6,9,13,15H,7-8,10-11,19H2,(H,20,23)(H,21,22);1H. The van der Waals surface area contributed by atoms with E-state index < -0.39 is 0 Å². The zero-order valence-electron chi connectivity index (χ0n) is 13.7. The molecule has 0 bridgehead atoms. The van der Waals surface area contributed by atoms with Gasteiger partial charge in [-0.15, -0.1) is 23.7 Å². The highest BCUT2D eigenvalue weighted by molar-refractivity contribution is 7.12. The molecule has 5 nitrogen and oxygen atoms in total. The van der Waals surface area contributed by atoms with Crippen LogP contribution in [-0.4, -0.2) is 24.4 Å². The zero-order valence-corrected chi connectivity index (χ0v) is 15.4. The zero-order chi connectivity index (χ0) is 16.9. The maximum atomic E-state index is 12.2. The van der Waals surface area contributed by atoms with Crippen LogP contribution in [-0.2, 0) is 6.54 Å². The molecule has 134 valence electrons. The molecule has 1 aliphatic carbocycles. The quantitative estimate of drug-likeness (QED) is 0.691. The molecule has 1 aromatic carbocycles. The highest BCUT2D eigenvalue weighted by Crippen LogP contribution is 2.32. The van der Waals surface area contributed by atoms with E-state index in [1.807, 2.05) is 23.6 Å². The Hall–Kier alpha value is -1.89. The average Bonchev–Trinajstić information content (AvgIpc) is 3.30. The van der Waals surface area contributed by atoms with Crippen LogP contribution in [0.3, 0.4) is 0 Å². The topological polar surface area (TPSA) is 84.2 Å². The van der Waals surface area contributed by atoms with Gasteiger partial charge in [-0.25, -0.2) is 0 Å². The molecular formula is C18H22ClN3O2S. The monoisotopic (exact) mass is 379 g/mol. The van der Waals surface area contributed by atoms with Gasteiger partial charge in [-0.3, -0.25) is 9.59 Å². The van der Waals surface area contributed by atoms with Crippen molar-refractivity contribution in [1.29, 1.82) is 0 Å². The van der Waals surface area contributed by atoms with E-state index in [0.29, 0.717) is 29.4 Å². The Balaban J connectivity index is 0.00000225. The predicted octanol–water partition coefficient (Wildman–Crippen LogP) is 2.57. The summed E-state index contributed by atoms with van der Waals surface area (Å²) >= 11 is 1.41. The van der Waals surface area contributed by atoms with E-state index in [1.165, 1.54) is 11.3 Å². The summed E-state index contributed by atoms with van der Waals surface area (Å²) in [7, 11) is 0. The third-order valence-electron chi connectivity index (χ3n) is 4.18. The Labute approximate surface area is 157 Å². The number of halogens is 1. The molecule has 1 saturated carbocycles. The van der Waals surface area contributed by atoms with Crippen molar-refractivity contribution in [2.24, 2.45) is 11.7 Å². The summed E-state index contributed by atoms with van der Waals surface area (Å²) in [6, 6.07) is 11.0. The van der Waals surface area contributed by atoms with Crippen LogP contribution in [0.2, 0.25) is 0 Å². The van der Waals surface area contributed by atoms with E-state index in [1.54, 1.807) is 18.2 Å². The lowest BCUT2D eigenvalue weighted by atomic mass is 10.1. The van der Waals surface area contributed by atoms with Crippen LogP contribution < -0.4 is 16.4 Å². The molecule has 4 N–H and O–H groups in total. The summed E-state index contributed by atoms with van der Waals surface area (Å²) < 4.78 is 0. The average molecular weight is 380 g/mol. The van der Waals surface area contributed by atoms with Crippen molar-refractivity contribution in [2.45, 2.75) is 25.4 Å². The van der Waals surface area contributed by atoms with Gasteiger partial charge in [-0.2, -0.15) is 0 Å². The van der Waals surface area contributed by atoms with Crippen LogP contribution in [0.1, 0.15) is 38.4 Å². The van der Waals surface area contributed by atoms with Gasteiger partial charge < -0.3 is 16.4 Å². The molecule has 1 heterocycles. The molecule has 2 aromatic rings. The van der Waals surface area contributed by atoms with Crippen molar-refractivity contribution in [3.63, 3.8) is 0 Å². The van der Waals surface area contributed by atoms with E-state index in [0.717, 1.165) is 18.4 Å². The maximum Gasteiger partial charge on any atom is 0.261 e. The second-order valence-corrected chi connectivity index (χ2v) is 6.96. The summed E-state index contributed by atoms with van der Waals surface area (Å²) in [6.07, 6.45) is 2.29. The van der Waals surface area contributed by atoms with Gasteiger partial charge in [0.2, 0.25) is 0 Å². The molecule has 25 heavy (non-hydrogen) atoms. The van der Waals surface area contributed by atoms with E-state index in [9.17, 15) is 9.59 Å². The first-order chi connectivity index (χ1) is 11.7. The summed E-state index contributed by atoms with van der Waals surface area (Å²) in [5.41, 5.74) is 7.28. The molecule has 0 aliphatic heterocycles. The number of rotatable bonds is 7. The molecule has 2 amide bonds. The molecule has 1 aromatic heterocycles. The third kappa shape index (κ3) is 5.29. The molecule has 0 saturated heterocycles. The summed E-state index contributed by atoms with van der Waals surface area (Å²) in [5.74, 6) is 0.360. The molecule has 1 unspecified atom stereocenters. The number of carbonyl (C=O) groups excluding carboxylic acids is 2. The Bertz CT molecular complexity index is 700. The van der Waals surface area contributed by atoms with Crippen molar-refractivity contribution < 1.29 is 9.59 Å². The van der Waals surface area contributed by atoms with Crippen LogP contribution >= 0.6 is 23.7 Å². The smallest absolute Gasteiger partial charge is 0.261 e. The van der Waals surface area contributed by atoms with Gasteiger partial charge in [0.25, 0.3) is 11.8 Å². The van der Waals surface area contributed by atoms with Crippen molar-refractivity contribution in [2.75, 3.05) is 6.54 Å². The first kappa shape index (κ1) is 19.4. The Kier molecular flexibility index (Phi) is 6.99. The summed E-state index contributed by atoms with van der Waals surface area (Å²) in [5, 5.41) is 7.74. The van der Waals surface area contributed by atoms with E-state index in [2.05, 4.69) is 10.6 Å². The number of benzene rings is 1. The summed E-state index contributed by atoms with van der Waals surface area (Å²) in [6.45, 7) is 0.912. The Morgan fingerprint density at radius 3 is 2.44 bits per heavy atom. The predicted molar refractivity (Wildman–Crippen MR) is 102 cm³/mol. The van der Waals surface area contributed by atoms with Gasteiger partial charge in [0.05, 0.1) is 4.88 Å². The van der Waals surface area contributed by atoms with Gasteiger partial charge in [0.1, 0.15) is 0 Å². The minimum Gasteiger partial charge on any atom is -0.348 e. The molecule has 3 rings (SSSR count). The molecule has 7 heteroatoms. The van der Waals surface area contributed by atoms with Crippen LogP contribution in [0.5, 0.6) is 0 Å². The van der Waals surface area contributed by atoms with Crippen molar-refractivity contribution in [3.05, 3.63) is 57.8 Å². The highest BCUT2D eigenvalue weighted by Gasteiger charge is 2.31. The van der Waals surface area contributed by atoms with Gasteiger partial charge >= 0.3 is 0 Å². The third-order valence-corrected chi connectivity index (χ3v) is 5.04. The van der Waals surface area contributed by atoms with E-state index in [4.69, 9.17) is 5.73 Å². The number of nitrogens with one attached hydrogen (secondary N) is 2. The molecule has 0 spiro atoms. The fraction of sp³-hybridized carbons (Fsp3) is 0.333. The Morgan fingerprint density at radius 1 is 1.16 bits per heavy atom. The van der Waals surface area contributed by atoms with Crippen LogP contribution in [0.4, 0.5) is 0 Å². The van der Waals surface area contributed by atoms with Gasteiger partial charge in [0.15, 0.2) is 0 Å². The van der Waals surface area contributed by atoms with Crippen molar-refractivity contribution in [3.8, 4) is 0 Å². The normalized spacial score (nSPS) is 14.3. The lowest BCUT2D eigenvalue weighted by Crippen LogP contribution is -2.41. The molecule has 1 atom stereocenters. The number of hydrogen-bond acceptors (Lipinski definition) is 4. The van der Waals surface area contributed by atoms with Gasteiger partial charge in [-0.1, -0.05) is 18.2 Å². The minimum atomic E-state index is -0.0912. The second kappa shape index (κ2) is 8.99. The summed E-state index contributed by atoms with van der Waals surface area (Å²) in [4.78, 5) is 24.8. The highest BCUT2D eigenvalue weighted by atomic mass is 35.5. The van der Waals surface area contributed by atoms with Crippen LogP contribution in [0, 0.1) is 5.92 Å². The van der Waals surface area contributed by atoms with E-state index >= 15 is 0 Å². The van der Waals surface area contributed by atoms with Crippen LogP contribution in [0.15, 0.2) is 41.8 Å². The number of carbonyl (C=O) groups is 2. The number of amides is 2. The largest absolute Gasteiger partial charge is 0.348 e. The second-order valence-electron chi connectivity index (χ2n) is 6.01. The number of nitrogens with two attached hydrogens (primary N) is 1. The fourth-order valence-electron chi connectivity index (χ4n) is 2.57. The minimum absolute atomic E-state index is 0. The van der Waals surface area contributed by atoms with E-state index in [-0.39, 0.29) is 30.3 Å². The SMILES string of the molecule is Cl.NCC(NC(=O)c1ccc(CNC(=O)c2cccs2)cc1)C1CC1. The van der Waals surface area contributed by atoms with Crippen molar-refractivity contribution >= 4 is 35.6 Å². The van der Waals surface area contributed by atoms with Gasteiger partial charge in [-0.05, 0) is 47.9 Å². The molecule has 1 aliphatic rings. The van der Waals surface area contributed by atoms with Crippen molar-refractivity contribution in [1.82, 2.24) is 10.6 Å². The molecule has 0 radical (unpaired) electrons. The van der Waals surface area contributed by atoms with Crippen LogP contribution in [0.25, 0.3) is 0 Å². The number of hydrogen-bond donors (Lipinski definition) is 3. The first-order valence-corrected chi connectivity index (χ1v) is 8.97. The fourth-order valence-corrected chi connectivity index (χ4v) is 3.21. The Morgan fingerprint density at radius 2 is 1.88 bits per heavy atom. The maximum absolute atomic E-state index is 12.2. The van der Waals surface area contributed by atoms with Gasteiger partial charge in [0, 0.05) is 24.7 Å². The molecular weight excluding hydrogens is 358 g/mol.